The van der Waals surface area contributed by atoms with Crippen LogP contribution in [0.15, 0.2) is 63.3 Å². The summed E-state index contributed by atoms with van der Waals surface area (Å²) in [5, 5.41) is 6.13. The number of para-hydroxylation sites is 1. The molecule has 2 aliphatic heterocycles. The number of hydrogen-bond acceptors (Lipinski definition) is 3. The molecule has 0 radical (unpaired) electrons. The van der Waals surface area contributed by atoms with E-state index in [1.807, 2.05) is 0 Å². The Morgan fingerprint density at radius 2 is 1.72 bits per heavy atom. The molecule has 0 bridgehead atoms. The van der Waals surface area contributed by atoms with Gasteiger partial charge in [0.2, 0.25) is 0 Å². The highest BCUT2D eigenvalue weighted by Crippen LogP contribution is 2.69. The zero-order chi connectivity index (χ0) is 23.3. The van der Waals surface area contributed by atoms with E-state index in [9.17, 15) is 0 Å². The number of likely N-dealkylation sites (N-methyl/N-ethyl adjacent to an activating group) is 1. The molecule has 1 atom stereocenters. The molecule has 0 unspecified atom stereocenters. The van der Waals surface area contributed by atoms with E-state index < -0.39 is 7.36 Å². The molecular formula is C26H36N5P. The third-order valence-electron chi connectivity index (χ3n) is 6.91. The number of fused-ring (bicyclic) bond motifs is 1. The molecule has 5 nitrogen and oxygen atoms in total. The van der Waals surface area contributed by atoms with Crippen molar-refractivity contribution in [1.29, 1.82) is 0 Å². The Morgan fingerprint density at radius 3 is 2.34 bits per heavy atom. The molecule has 0 spiro atoms. The second-order valence-electron chi connectivity index (χ2n) is 9.27. The number of hydrazone groups is 1. The molecule has 2 aromatic carbocycles. The fourth-order valence-corrected chi connectivity index (χ4v) is 9.08. The smallest absolute Gasteiger partial charge is 0.174 e. The number of aryl methyl sites for hydroxylation is 2. The summed E-state index contributed by atoms with van der Waals surface area (Å²) in [5.41, 5.74) is 7.34. The summed E-state index contributed by atoms with van der Waals surface area (Å²) in [6, 6.07) is 15.3. The Morgan fingerprint density at radius 1 is 1.03 bits per heavy atom. The third kappa shape index (κ3) is 3.25. The van der Waals surface area contributed by atoms with E-state index >= 15 is 0 Å². The minimum atomic E-state index is -2.31. The Hall–Kier alpha value is -2.36. The number of anilines is 1. The Kier molecular flexibility index (Phi) is 5.85. The second-order valence-corrected chi connectivity index (χ2v) is 12.2. The molecule has 0 aromatic heterocycles. The molecule has 2 aliphatic rings. The van der Waals surface area contributed by atoms with Crippen LogP contribution < -0.4 is 4.90 Å². The maximum atomic E-state index is 5.60. The van der Waals surface area contributed by atoms with Crippen LogP contribution in [0.1, 0.15) is 44.4 Å². The lowest BCUT2D eigenvalue weighted by molar-refractivity contribution is 0.452. The lowest BCUT2D eigenvalue weighted by atomic mass is 9.84. The van der Waals surface area contributed by atoms with E-state index in [4.69, 9.17) is 9.85 Å². The minimum Gasteiger partial charge on any atom is -0.346 e. The predicted octanol–water partition coefficient (Wildman–Crippen LogP) is 6.88. The molecule has 32 heavy (non-hydrogen) atoms. The Bertz CT molecular complexity index is 1160. The lowest BCUT2D eigenvalue weighted by Crippen LogP contribution is -2.30. The van der Waals surface area contributed by atoms with Crippen molar-refractivity contribution in [3.05, 3.63) is 70.2 Å². The number of benzene rings is 2. The van der Waals surface area contributed by atoms with Crippen LogP contribution in [-0.4, -0.2) is 42.8 Å². The highest BCUT2D eigenvalue weighted by Gasteiger charge is 2.47. The van der Waals surface area contributed by atoms with Gasteiger partial charge in [0.1, 0.15) is 0 Å². The highest BCUT2D eigenvalue weighted by atomic mass is 31.2. The zero-order valence-corrected chi connectivity index (χ0v) is 21.6. The molecule has 2 heterocycles. The molecule has 0 fully saturated rings. The number of hydrogen-bond donors (Lipinski definition) is 0. The van der Waals surface area contributed by atoms with Crippen molar-refractivity contribution in [3.63, 3.8) is 0 Å². The summed E-state index contributed by atoms with van der Waals surface area (Å²) < 4.78 is 10.3. The molecular weight excluding hydrogens is 413 g/mol. The van der Waals surface area contributed by atoms with Gasteiger partial charge in [-0.15, -0.1) is 0 Å². The summed E-state index contributed by atoms with van der Waals surface area (Å²) in [6.45, 7) is 15.3. The van der Waals surface area contributed by atoms with Gasteiger partial charge in [-0.25, -0.2) is 14.2 Å². The highest BCUT2D eigenvalue weighted by molar-refractivity contribution is 7.67. The normalized spacial score (nSPS) is 23.9. The van der Waals surface area contributed by atoms with Crippen molar-refractivity contribution in [2.24, 2.45) is 9.85 Å². The van der Waals surface area contributed by atoms with Gasteiger partial charge in [-0.05, 0) is 37.1 Å². The van der Waals surface area contributed by atoms with Crippen LogP contribution in [0.4, 0.5) is 11.4 Å². The van der Waals surface area contributed by atoms with Gasteiger partial charge in [0.25, 0.3) is 0 Å². The van der Waals surface area contributed by atoms with Gasteiger partial charge in [0, 0.05) is 44.0 Å². The van der Waals surface area contributed by atoms with Gasteiger partial charge < -0.3 is 4.90 Å². The molecule has 4 rings (SSSR count). The van der Waals surface area contributed by atoms with Crippen molar-refractivity contribution in [2.45, 2.75) is 47.0 Å². The molecule has 6 heteroatoms. The van der Waals surface area contributed by atoms with Gasteiger partial charge in [-0.3, -0.25) is 0 Å². The van der Waals surface area contributed by atoms with Crippen molar-refractivity contribution >= 4 is 24.9 Å². The van der Waals surface area contributed by atoms with Crippen LogP contribution in [0.3, 0.4) is 0 Å². The first-order chi connectivity index (χ1) is 15.2. The van der Waals surface area contributed by atoms with E-state index in [-0.39, 0.29) is 5.41 Å². The van der Waals surface area contributed by atoms with Gasteiger partial charge in [0.05, 0.1) is 17.2 Å². The second kappa shape index (κ2) is 8.20. The van der Waals surface area contributed by atoms with E-state index in [1.165, 1.54) is 33.4 Å². The van der Waals surface area contributed by atoms with Crippen LogP contribution in [0.2, 0.25) is 0 Å². The van der Waals surface area contributed by atoms with Crippen LogP contribution >= 0.6 is 7.36 Å². The topological polar surface area (TPSA) is 34.4 Å². The van der Waals surface area contributed by atoms with Crippen molar-refractivity contribution in [3.8, 4) is 0 Å². The molecule has 0 saturated heterocycles. The average Bonchev–Trinajstić information content (AvgIpc) is 3.17. The molecule has 0 N–H and O–H groups in total. The molecule has 2 aromatic rings. The molecule has 0 saturated carbocycles. The van der Waals surface area contributed by atoms with Crippen molar-refractivity contribution < 1.29 is 0 Å². The first-order valence-corrected chi connectivity index (χ1v) is 13.1. The largest absolute Gasteiger partial charge is 0.346 e. The summed E-state index contributed by atoms with van der Waals surface area (Å²) >= 11 is 0. The molecule has 0 amide bonds. The fourth-order valence-electron chi connectivity index (χ4n) is 5.30. The predicted molar refractivity (Wildman–Crippen MR) is 139 cm³/mol. The number of rotatable bonds is 4. The van der Waals surface area contributed by atoms with E-state index in [2.05, 4.69) is 119 Å². The summed E-state index contributed by atoms with van der Waals surface area (Å²) in [7, 11) is 1.98. The Balaban J connectivity index is 2.08. The van der Waals surface area contributed by atoms with Crippen LogP contribution in [0.25, 0.3) is 0 Å². The Labute approximate surface area is 193 Å². The number of nitrogens with zero attached hydrogens (tertiary/aromatic N) is 5. The van der Waals surface area contributed by atoms with Crippen LogP contribution in [-0.2, 0) is 5.41 Å². The maximum absolute atomic E-state index is 5.60. The van der Waals surface area contributed by atoms with Crippen LogP contribution in [0, 0.1) is 13.8 Å². The fraction of sp³-hybridized carbons (Fsp3) is 0.423. The van der Waals surface area contributed by atoms with Gasteiger partial charge in [-0.2, -0.15) is 5.10 Å². The summed E-state index contributed by atoms with van der Waals surface area (Å²) in [5.74, 6) is 0. The zero-order valence-electron chi connectivity index (χ0n) is 20.7. The first-order valence-electron chi connectivity index (χ1n) is 11.5. The molecule has 0 aliphatic carbocycles. The van der Waals surface area contributed by atoms with Gasteiger partial charge in [0.15, 0.2) is 7.36 Å². The third-order valence-corrected chi connectivity index (χ3v) is 10.6. The van der Waals surface area contributed by atoms with Crippen LogP contribution in [0.5, 0.6) is 0 Å². The van der Waals surface area contributed by atoms with Gasteiger partial charge >= 0.3 is 0 Å². The standard InChI is InChI=1S/C26H36N5P/c1-9-31(10-2)32(28-22-16-15-19(3)17-20(22)4)24(18-27-30(32)8)25-26(5,6)21-13-11-12-14-23(21)29(25)7/h11-18H,9-10H2,1-8H3/b25-24-/t32-/m1/s1. The van der Waals surface area contributed by atoms with E-state index in [0.29, 0.717) is 0 Å². The van der Waals surface area contributed by atoms with E-state index in [0.717, 1.165) is 18.8 Å². The molecule has 170 valence electrons. The SMILES string of the molecule is CCN(CC)[P@@]1(=Nc2ccc(C)cc2C)/C(=C2\N(C)c3ccccc3C2(C)C)C=NN1C. The van der Waals surface area contributed by atoms with Crippen molar-refractivity contribution in [1.82, 2.24) is 9.45 Å². The monoisotopic (exact) mass is 449 g/mol. The summed E-state index contributed by atoms with van der Waals surface area (Å²) in [6.07, 6.45) is 2.08. The van der Waals surface area contributed by atoms with Gasteiger partial charge in [-0.1, -0.05) is 63.6 Å². The maximum Gasteiger partial charge on any atom is 0.174 e. The van der Waals surface area contributed by atoms with E-state index in [1.54, 1.807) is 0 Å². The lowest BCUT2D eigenvalue weighted by Gasteiger charge is -2.39. The quantitative estimate of drug-likeness (QED) is 0.477. The minimum absolute atomic E-state index is 0.131. The van der Waals surface area contributed by atoms with Crippen molar-refractivity contribution in [2.75, 3.05) is 32.1 Å². The summed E-state index contributed by atoms with van der Waals surface area (Å²) in [4.78, 5) is 2.37. The average molecular weight is 450 g/mol. The number of allylic oxidation sites excluding steroid dienone is 2. The first kappa shape index (κ1) is 22.8.